The number of halogens is 1. The molecule has 1 amide bonds. The first-order valence-corrected chi connectivity index (χ1v) is 8.34. The Kier molecular flexibility index (Phi) is 7.29. The van der Waals surface area contributed by atoms with Gasteiger partial charge in [-0.05, 0) is 29.7 Å². The van der Waals surface area contributed by atoms with Crippen LogP contribution in [0.3, 0.4) is 0 Å². The fourth-order valence-corrected chi connectivity index (χ4v) is 2.38. The molecule has 2 aromatic rings. The van der Waals surface area contributed by atoms with Gasteiger partial charge in [0.25, 0.3) is 0 Å². The summed E-state index contributed by atoms with van der Waals surface area (Å²) in [7, 11) is 0. The summed E-state index contributed by atoms with van der Waals surface area (Å²) in [5.74, 6) is -0.952. The molecule has 0 aliphatic rings. The topological polar surface area (TPSA) is 66.8 Å². The van der Waals surface area contributed by atoms with Crippen molar-refractivity contribution in [2.75, 3.05) is 13.1 Å². The standard InChI is InChI=1S/C19H20ClNO4/c20-17-8-6-15(7-9-17)10-12-21(13-11-18(22)23)19(24)25-14-16-4-2-1-3-5-16/h1-9H,10-14H2,(H,22,23). The van der Waals surface area contributed by atoms with E-state index in [-0.39, 0.29) is 19.6 Å². The molecule has 0 atom stereocenters. The number of benzene rings is 2. The van der Waals surface area contributed by atoms with Crippen molar-refractivity contribution in [3.05, 3.63) is 70.7 Å². The van der Waals surface area contributed by atoms with E-state index in [2.05, 4.69) is 0 Å². The van der Waals surface area contributed by atoms with E-state index in [0.717, 1.165) is 11.1 Å². The van der Waals surface area contributed by atoms with Crippen molar-refractivity contribution in [1.29, 1.82) is 0 Å². The van der Waals surface area contributed by atoms with Crippen LogP contribution in [0.5, 0.6) is 0 Å². The van der Waals surface area contributed by atoms with Gasteiger partial charge in [-0.15, -0.1) is 0 Å². The van der Waals surface area contributed by atoms with E-state index < -0.39 is 12.1 Å². The zero-order chi connectivity index (χ0) is 18.1. The summed E-state index contributed by atoms with van der Waals surface area (Å²) in [6, 6.07) is 16.7. The minimum absolute atomic E-state index is 0.108. The summed E-state index contributed by atoms with van der Waals surface area (Å²) < 4.78 is 5.30. The molecule has 0 aliphatic heterocycles. The van der Waals surface area contributed by atoms with E-state index in [9.17, 15) is 9.59 Å². The molecule has 0 radical (unpaired) electrons. The number of rotatable bonds is 8. The van der Waals surface area contributed by atoms with Crippen LogP contribution >= 0.6 is 11.6 Å². The fraction of sp³-hybridized carbons (Fsp3) is 0.263. The predicted molar refractivity (Wildman–Crippen MR) is 95.6 cm³/mol. The molecule has 0 saturated carbocycles. The molecule has 2 aromatic carbocycles. The molecule has 132 valence electrons. The maximum atomic E-state index is 12.3. The van der Waals surface area contributed by atoms with Crippen LogP contribution in [-0.4, -0.2) is 35.2 Å². The summed E-state index contributed by atoms with van der Waals surface area (Å²) in [5, 5.41) is 9.52. The Hall–Kier alpha value is -2.53. The summed E-state index contributed by atoms with van der Waals surface area (Å²) in [4.78, 5) is 24.5. The normalized spacial score (nSPS) is 10.3. The summed E-state index contributed by atoms with van der Waals surface area (Å²) in [5.41, 5.74) is 1.90. The first-order chi connectivity index (χ1) is 12.0. The van der Waals surface area contributed by atoms with E-state index >= 15 is 0 Å². The van der Waals surface area contributed by atoms with Crippen molar-refractivity contribution in [3.63, 3.8) is 0 Å². The maximum absolute atomic E-state index is 12.3. The molecular formula is C19H20ClNO4. The van der Waals surface area contributed by atoms with Gasteiger partial charge in [-0.3, -0.25) is 4.79 Å². The van der Waals surface area contributed by atoms with Gasteiger partial charge in [0.05, 0.1) is 6.42 Å². The van der Waals surface area contributed by atoms with Gasteiger partial charge < -0.3 is 14.7 Å². The molecule has 0 aliphatic carbocycles. The number of carboxylic acids is 1. The molecule has 1 N–H and O–H groups in total. The molecule has 0 heterocycles. The highest BCUT2D eigenvalue weighted by Crippen LogP contribution is 2.11. The third-order valence-electron chi connectivity index (χ3n) is 3.64. The monoisotopic (exact) mass is 361 g/mol. The van der Waals surface area contributed by atoms with Crippen LogP contribution < -0.4 is 0 Å². The summed E-state index contributed by atoms with van der Waals surface area (Å²) in [6.07, 6.45) is -0.0442. The van der Waals surface area contributed by atoms with Gasteiger partial charge in [0.2, 0.25) is 0 Å². The fourth-order valence-electron chi connectivity index (χ4n) is 2.25. The predicted octanol–water partition coefficient (Wildman–Crippen LogP) is 4.00. The number of carbonyl (C=O) groups is 2. The van der Waals surface area contributed by atoms with Crippen molar-refractivity contribution in [1.82, 2.24) is 4.90 Å². The van der Waals surface area contributed by atoms with Gasteiger partial charge in [-0.1, -0.05) is 54.1 Å². The Balaban J connectivity index is 1.92. The van der Waals surface area contributed by atoms with Gasteiger partial charge >= 0.3 is 12.1 Å². The first-order valence-electron chi connectivity index (χ1n) is 7.96. The molecule has 0 spiro atoms. The molecule has 5 nitrogen and oxygen atoms in total. The Labute approximate surface area is 151 Å². The van der Waals surface area contributed by atoms with E-state index in [1.807, 2.05) is 42.5 Å². The highest BCUT2D eigenvalue weighted by molar-refractivity contribution is 6.30. The third-order valence-corrected chi connectivity index (χ3v) is 3.89. The van der Waals surface area contributed by atoms with Crippen LogP contribution in [0.25, 0.3) is 0 Å². The second kappa shape index (κ2) is 9.69. The largest absolute Gasteiger partial charge is 0.481 e. The lowest BCUT2D eigenvalue weighted by Crippen LogP contribution is -2.35. The summed E-state index contributed by atoms with van der Waals surface area (Å²) in [6.45, 7) is 0.642. The second-order valence-electron chi connectivity index (χ2n) is 5.55. The minimum Gasteiger partial charge on any atom is -0.481 e. The molecule has 0 aromatic heterocycles. The van der Waals surface area contributed by atoms with E-state index in [0.29, 0.717) is 18.0 Å². The van der Waals surface area contributed by atoms with E-state index in [1.165, 1.54) is 4.90 Å². The lowest BCUT2D eigenvalue weighted by atomic mass is 10.1. The van der Waals surface area contributed by atoms with Gasteiger partial charge in [0, 0.05) is 18.1 Å². The number of nitrogens with zero attached hydrogens (tertiary/aromatic N) is 1. The Bertz CT molecular complexity index is 688. The van der Waals surface area contributed by atoms with Gasteiger partial charge in [-0.25, -0.2) is 4.79 Å². The van der Waals surface area contributed by atoms with Crippen molar-refractivity contribution in [3.8, 4) is 0 Å². The van der Waals surface area contributed by atoms with E-state index in [4.69, 9.17) is 21.4 Å². The molecular weight excluding hydrogens is 342 g/mol. The number of carbonyl (C=O) groups excluding carboxylic acids is 1. The lowest BCUT2D eigenvalue weighted by molar-refractivity contribution is -0.137. The Morgan fingerprint density at radius 1 is 0.960 bits per heavy atom. The first kappa shape index (κ1) is 18.8. The number of hydrogen-bond acceptors (Lipinski definition) is 3. The molecule has 0 saturated heterocycles. The van der Waals surface area contributed by atoms with Crippen molar-refractivity contribution in [2.45, 2.75) is 19.4 Å². The van der Waals surface area contributed by atoms with Gasteiger partial charge in [0.1, 0.15) is 6.61 Å². The average Bonchev–Trinajstić information content (AvgIpc) is 2.62. The molecule has 6 heteroatoms. The zero-order valence-corrected chi connectivity index (χ0v) is 14.5. The van der Waals surface area contributed by atoms with Crippen LogP contribution in [0.4, 0.5) is 4.79 Å². The minimum atomic E-state index is -0.952. The van der Waals surface area contributed by atoms with Crippen LogP contribution in [-0.2, 0) is 22.6 Å². The second-order valence-corrected chi connectivity index (χ2v) is 5.98. The van der Waals surface area contributed by atoms with Crippen LogP contribution in [0, 0.1) is 0 Å². The molecule has 0 bridgehead atoms. The maximum Gasteiger partial charge on any atom is 0.410 e. The quantitative estimate of drug-likeness (QED) is 0.771. The van der Waals surface area contributed by atoms with Crippen LogP contribution in [0.15, 0.2) is 54.6 Å². The number of aliphatic carboxylic acids is 1. The molecule has 0 fully saturated rings. The van der Waals surface area contributed by atoms with Crippen LogP contribution in [0.1, 0.15) is 17.5 Å². The zero-order valence-electron chi connectivity index (χ0n) is 13.7. The third kappa shape index (κ3) is 6.85. The van der Waals surface area contributed by atoms with Gasteiger partial charge in [0.15, 0.2) is 0 Å². The number of hydrogen-bond donors (Lipinski definition) is 1. The van der Waals surface area contributed by atoms with Crippen molar-refractivity contribution >= 4 is 23.7 Å². The van der Waals surface area contributed by atoms with E-state index in [1.54, 1.807) is 12.1 Å². The lowest BCUT2D eigenvalue weighted by Gasteiger charge is -2.21. The van der Waals surface area contributed by atoms with Crippen molar-refractivity contribution < 1.29 is 19.4 Å². The molecule has 0 unspecified atom stereocenters. The highest BCUT2D eigenvalue weighted by Gasteiger charge is 2.16. The van der Waals surface area contributed by atoms with Crippen molar-refractivity contribution in [2.24, 2.45) is 0 Å². The summed E-state index contributed by atoms with van der Waals surface area (Å²) >= 11 is 5.86. The van der Waals surface area contributed by atoms with Crippen LogP contribution in [0.2, 0.25) is 5.02 Å². The Morgan fingerprint density at radius 3 is 2.28 bits per heavy atom. The molecule has 2 rings (SSSR count). The number of amides is 1. The average molecular weight is 362 g/mol. The van der Waals surface area contributed by atoms with Gasteiger partial charge in [-0.2, -0.15) is 0 Å². The number of ether oxygens (including phenoxy) is 1. The SMILES string of the molecule is O=C(O)CCN(CCc1ccc(Cl)cc1)C(=O)OCc1ccccc1. The Morgan fingerprint density at radius 2 is 1.64 bits per heavy atom. The highest BCUT2D eigenvalue weighted by atomic mass is 35.5. The smallest absolute Gasteiger partial charge is 0.410 e. The number of carboxylic acid groups (broad SMARTS) is 1. The molecule has 25 heavy (non-hydrogen) atoms.